The minimum atomic E-state index is -0.349. The van der Waals surface area contributed by atoms with Gasteiger partial charge in [-0.25, -0.2) is 4.98 Å². The van der Waals surface area contributed by atoms with Crippen molar-refractivity contribution in [2.24, 2.45) is 5.92 Å². The highest BCUT2D eigenvalue weighted by atomic mass is 16.6. The van der Waals surface area contributed by atoms with Crippen molar-refractivity contribution in [3.63, 3.8) is 0 Å². The third-order valence-corrected chi connectivity index (χ3v) is 3.68. The van der Waals surface area contributed by atoms with Gasteiger partial charge in [0.15, 0.2) is 0 Å². The summed E-state index contributed by atoms with van der Waals surface area (Å²) >= 11 is 0. The number of nitrogens with one attached hydrogen (secondary N) is 1. The Balaban J connectivity index is 1.96. The van der Waals surface area contributed by atoms with E-state index >= 15 is 0 Å². The van der Waals surface area contributed by atoms with Crippen LogP contribution in [0.3, 0.4) is 0 Å². The van der Waals surface area contributed by atoms with Gasteiger partial charge < -0.3 is 10.2 Å². The van der Waals surface area contributed by atoms with E-state index in [1.54, 1.807) is 12.3 Å². The second kappa shape index (κ2) is 3.96. The molecule has 2 saturated heterocycles. The average Bonchev–Trinajstić information content (AvgIpc) is 2.90. The predicted octanol–water partition coefficient (Wildman–Crippen LogP) is 0.788. The molecule has 1 N–H and O–H groups in total. The molecule has 3 rings (SSSR count). The first-order valence-corrected chi connectivity index (χ1v) is 5.84. The fraction of sp³-hybridized carbons (Fsp3) is 0.545. The molecule has 0 bridgehead atoms. The van der Waals surface area contributed by atoms with E-state index in [1.165, 1.54) is 6.07 Å². The SMILES string of the molecule is O=[N+]([O-])c1cccnc1N1CC[C@@H]2CNC[C@@H]21. The van der Waals surface area contributed by atoms with Crippen molar-refractivity contribution in [2.75, 3.05) is 24.5 Å². The summed E-state index contributed by atoms with van der Waals surface area (Å²) < 4.78 is 0. The summed E-state index contributed by atoms with van der Waals surface area (Å²) in [5, 5.41) is 14.3. The van der Waals surface area contributed by atoms with Gasteiger partial charge in [0.2, 0.25) is 5.82 Å². The lowest BCUT2D eigenvalue weighted by Gasteiger charge is -2.23. The summed E-state index contributed by atoms with van der Waals surface area (Å²) in [6.07, 6.45) is 2.71. The summed E-state index contributed by atoms with van der Waals surface area (Å²) in [4.78, 5) is 16.9. The maximum atomic E-state index is 11.0. The van der Waals surface area contributed by atoms with Crippen molar-refractivity contribution < 1.29 is 4.92 Å². The molecule has 0 amide bonds. The molecule has 2 aliphatic heterocycles. The molecule has 0 radical (unpaired) electrons. The van der Waals surface area contributed by atoms with E-state index in [0.717, 1.165) is 26.1 Å². The average molecular weight is 234 g/mol. The molecule has 1 aromatic heterocycles. The minimum Gasteiger partial charge on any atom is -0.346 e. The molecule has 3 heterocycles. The quantitative estimate of drug-likeness (QED) is 0.605. The van der Waals surface area contributed by atoms with E-state index < -0.39 is 0 Å². The number of aromatic nitrogens is 1. The van der Waals surface area contributed by atoms with Crippen molar-refractivity contribution in [3.8, 4) is 0 Å². The van der Waals surface area contributed by atoms with Crippen molar-refractivity contribution >= 4 is 11.5 Å². The largest absolute Gasteiger partial charge is 0.346 e. The zero-order valence-corrected chi connectivity index (χ0v) is 9.37. The molecule has 0 aliphatic carbocycles. The first kappa shape index (κ1) is 10.5. The lowest BCUT2D eigenvalue weighted by molar-refractivity contribution is -0.384. The summed E-state index contributed by atoms with van der Waals surface area (Å²) in [6.45, 7) is 2.79. The van der Waals surface area contributed by atoms with Crippen LogP contribution in [0, 0.1) is 16.0 Å². The van der Waals surface area contributed by atoms with E-state index in [2.05, 4.69) is 15.2 Å². The van der Waals surface area contributed by atoms with Crippen LogP contribution in [0.5, 0.6) is 0 Å². The van der Waals surface area contributed by atoms with Crippen LogP contribution in [0.15, 0.2) is 18.3 Å². The molecule has 90 valence electrons. The van der Waals surface area contributed by atoms with Gasteiger partial charge >= 0.3 is 5.69 Å². The van der Waals surface area contributed by atoms with Gasteiger partial charge in [-0.3, -0.25) is 10.1 Å². The number of nitro groups is 1. The van der Waals surface area contributed by atoms with Crippen LogP contribution >= 0.6 is 0 Å². The van der Waals surface area contributed by atoms with E-state index in [-0.39, 0.29) is 10.6 Å². The fourth-order valence-corrected chi connectivity index (χ4v) is 2.86. The summed E-state index contributed by atoms with van der Waals surface area (Å²) in [7, 11) is 0. The third-order valence-electron chi connectivity index (χ3n) is 3.68. The minimum absolute atomic E-state index is 0.111. The molecule has 0 aromatic carbocycles. The summed E-state index contributed by atoms with van der Waals surface area (Å²) in [5.41, 5.74) is 0.111. The number of fused-ring (bicyclic) bond motifs is 1. The molecule has 0 unspecified atom stereocenters. The van der Waals surface area contributed by atoms with Gasteiger partial charge in [-0.2, -0.15) is 0 Å². The Morgan fingerprint density at radius 2 is 2.41 bits per heavy atom. The van der Waals surface area contributed by atoms with Gasteiger partial charge in [-0.05, 0) is 18.4 Å². The van der Waals surface area contributed by atoms with Crippen molar-refractivity contribution in [1.82, 2.24) is 10.3 Å². The van der Waals surface area contributed by atoms with Crippen molar-refractivity contribution in [1.29, 1.82) is 0 Å². The Morgan fingerprint density at radius 1 is 1.53 bits per heavy atom. The Labute approximate surface area is 98.8 Å². The molecule has 2 fully saturated rings. The molecule has 6 heteroatoms. The molecule has 2 aliphatic rings. The first-order chi connectivity index (χ1) is 8.27. The van der Waals surface area contributed by atoms with Crippen LogP contribution < -0.4 is 10.2 Å². The van der Waals surface area contributed by atoms with E-state index in [9.17, 15) is 10.1 Å². The second-order valence-corrected chi connectivity index (χ2v) is 4.57. The Hall–Kier alpha value is -1.69. The number of nitrogens with zero attached hydrogens (tertiary/aromatic N) is 3. The summed E-state index contributed by atoms with van der Waals surface area (Å²) in [5.74, 6) is 1.13. The first-order valence-electron chi connectivity index (χ1n) is 5.84. The molecule has 2 atom stereocenters. The van der Waals surface area contributed by atoms with Crippen LogP contribution in [0.1, 0.15) is 6.42 Å². The van der Waals surface area contributed by atoms with Crippen LogP contribution in [0.4, 0.5) is 11.5 Å². The van der Waals surface area contributed by atoms with Crippen LogP contribution in [-0.4, -0.2) is 35.6 Å². The normalized spacial score (nSPS) is 27.2. The third kappa shape index (κ3) is 1.64. The summed E-state index contributed by atoms with van der Waals surface area (Å²) in [6, 6.07) is 3.50. The van der Waals surface area contributed by atoms with Gasteiger partial charge in [-0.15, -0.1) is 0 Å². The zero-order valence-electron chi connectivity index (χ0n) is 9.37. The lowest BCUT2D eigenvalue weighted by Crippen LogP contribution is -2.35. The standard InChI is InChI=1S/C11H14N4O2/c16-15(17)9-2-1-4-13-11(9)14-5-3-8-6-12-7-10(8)14/h1-2,4,8,10,12H,3,5-7H2/t8-,10+/m1/s1. The zero-order chi connectivity index (χ0) is 11.8. The lowest BCUT2D eigenvalue weighted by atomic mass is 10.1. The van der Waals surface area contributed by atoms with Crippen LogP contribution in [0.2, 0.25) is 0 Å². The molecule has 1 aromatic rings. The monoisotopic (exact) mass is 234 g/mol. The number of rotatable bonds is 2. The van der Waals surface area contributed by atoms with Crippen LogP contribution in [0.25, 0.3) is 0 Å². The van der Waals surface area contributed by atoms with Crippen molar-refractivity contribution in [2.45, 2.75) is 12.5 Å². The van der Waals surface area contributed by atoms with E-state index in [0.29, 0.717) is 17.8 Å². The highest BCUT2D eigenvalue weighted by molar-refractivity contribution is 5.59. The number of hydrogen-bond donors (Lipinski definition) is 1. The predicted molar refractivity (Wildman–Crippen MR) is 63.0 cm³/mol. The van der Waals surface area contributed by atoms with Gasteiger partial charge in [-0.1, -0.05) is 0 Å². The number of hydrogen-bond acceptors (Lipinski definition) is 5. The maximum Gasteiger partial charge on any atom is 0.311 e. The topological polar surface area (TPSA) is 71.3 Å². The highest BCUT2D eigenvalue weighted by Gasteiger charge is 2.40. The highest BCUT2D eigenvalue weighted by Crippen LogP contribution is 2.35. The molecule has 0 saturated carbocycles. The van der Waals surface area contributed by atoms with Gasteiger partial charge in [0.25, 0.3) is 0 Å². The second-order valence-electron chi connectivity index (χ2n) is 4.57. The smallest absolute Gasteiger partial charge is 0.311 e. The fourth-order valence-electron chi connectivity index (χ4n) is 2.86. The number of pyridine rings is 1. The van der Waals surface area contributed by atoms with Gasteiger partial charge in [0.1, 0.15) is 0 Å². The van der Waals surface area contributed by atoms with Gasteiger partial charge in [0, 0.05) is 37.9 Å². The maximum absolute atomic E-state index is 11.0. The Morgan fingerprint density at radius 3 is 3.24 bits per heavy atom. The van der Waals surface area contributed by atoms with E-state index in [4.69, 9.17) is 0 Å². The van der Waals surface area contributed by atoms with Gasteiger partial charge in [0.05, 0.1) is 4.92 Å². The number of anilines is 1. The molecule has 6 nitrogen and oxygen atoms in total. The Bertz CT molecular complexity index is 451. The Kier molecular flexibility index (Phi) is 2.44. The molecular formula is C11H14N4O2. The van der Waals surface area contributed by atoms with E-state index in [1.807, 2.05) is 0 Å². The molecule has 0 spiro atoms. The van der Waals surface area contributed by atoms with Crippen LogP contribution in [-0.2, 0) is 0 Å². The molecular weight excluding hydrogens is 220 g/mol. The van der Waals surface area contributed by atoms with Crippen molar-refractivity contribution in [3.05, 3.63) is 28.4 Å². The molecule has 17 heavy (non-hydrogen) atoms.